The number of aryl methyl sites for hydroxylation is 1. The Labute approximate surface area is 126 Å². The van der Waals surface area contributed by atoms with Crippen LogP contribution in [0.1, 0.15) is 25.0 Å². The Balaban J connectivity index is 0.00000106. The quantitative estimate of drug-likeness (QED) is 0.833. The molecule has 1 aromatic carbocycles. The summed E-state index contributed by atoms with van der Waals surface area (Å²) in [6, 6.07) is 9.61. The highest BCUT2D eigenvalue weighted by Gasteiger charge is 2.03. The van der Waals surface area contributed by atoms with Gasteiger partial charge in [-0.25, -0.2) is 4.98 Å². The van der Waals surface area contributed by atoms with E-state index in [-0.39, 0.29) is 0 Å². The monoisotopic (exact) mass is 289 g/mol. The summed E-state index contributed by atoms with van der Waals surface area (Å²) in [5.41, 5.74) is 2.07. The van der Waals surface area contributed by atoms with Crippen LogP contribution in [-0.4, -0.2) is 19.2 Å². The van der Waals surface area contributed by atoms with Crippen molar-refractivity contribution in [2.24, 2.45) is 0 Å². The maximum Gasteiger partial charge on any atom is 0.214 e. The molecule has 0 aliphatic rings. The minimum atomic E-state index is 0.475. The van der Waals surface area contributed by atoms with E-state index in [0.717, 1.165) is 22.6 Å². The predicted molar refractivity (Wildman–Crippen MR) is 84.2 cm³/mol. The Morgan fingerprint density at radius 1 is 1.00 bits per heavy atom. The van der Waals surface area contributed by atoms with E-state index in [9.17, 15) is 0 Å². The molecule has 4 heteroatoms. The van der Waals surface area contributed by atoms with Crippen LogP contribution in [0.15, 0.2) is 36.5 Å². The molecule has 1 heterocycles. The minimum absolute atomic E-state index is 0.475. The van der Waals surface area contributed by atoms with Gasteiger partial charge in [-0.2, -0.15) is 0 Å². The molecule has 0 aliphatic heterocycles. The van der Waals surface area contributed by atoms with Gasteiger partial charge >= 0.3 is 0 Å². The fraction of sp³-hybridized carbons (Fsp3) is 0.353. The van der Waals surface area contributed by atoms with Gasteiger partial charge in [-0.05, 0) is 30.2 Å². The van der Waals surface area contributed by atoms with Crippen molar-refractivity contribution in [3.63, 3.8) is 0 Å². The van der Waals surface area contributed by atoms with E-state index in [1.807, 2.05) is 51.1 Å². The van der Waals surface area contributed by atoms with Crippen LogP contribution in [0.25, 0.3) is 0 Å². The van der Waals surface area contributed by atoms with Gasteiger partial charge in [-0.3, -0.25) is 0 Å². The van der Waals surface area contributed by atoms with Crippen molar-refractivity contribution in [2.75, 3.05) is 14.2 Å². The first-order valence-corrected chi connectivity index (χ1v) is 6.99. The molecule has 0 aliphatic carbocycles. The molecular weight excluding hydrogens is 266 g/mol. The van der Waals surface area contributed by atoms with Crippen LogP contribution in [0.2, 0.25) is 0 Å². The number of hydrogen-bond acceptors (Lipinski definition) is 4. The molecule has 0 fully saturated rings. The highest BCUT2D eigenvalue weighted by Crippen LogP contribution is 2.20. The summed E-state index contributed by atoms with van der Waals surface area (Å²) >= 11 is 0. The number of rotatable bonds is 5. The van der Waals surface area contributed by atoms with Crippen molar-refractivity contribution in [3.8, 4) is 17.4 Å². The molecule has 0 atom stereocenters. The Morgan fingerprint density at radius 3 is 2.19 bits per heavy atom. The standard InChI is InChI=1S/C15H17NO3.C2H6/c1-11-8-15(16-9-14(11)18-3)19-10-12-4-6-13(17-2)7-5-12;1-2/h4-9H,10H2,1-3H3;1-2H3. The summed E-state index contributed by atoms with van der Waals surface area (Å²) in [6.45, 7) is 6.43. The van der Waals surface area contributed by atoms with Crippen molar-refractivity contribution in [1.82, 2.24) is 4.98 Å². The smallest absolute Gasteiger partial charge is 0.214 e. The van der Waals surface area contributed by atoms with Gasteiger partial charge in [-0.1, -0.05) is 26.0 Å². The van der Waals surface area contributed by atoms with Crippen LogP contribution in [-0.2, 0) is 6.61 Å². The van der Waals surface area contributed by atoms with Crippen LogP contribution in [0, 0.1) is 6.92 Å². The highest BCUT2D eigenvalue weighted by atomic mass is 16.5. The molecule has 4 nitrogen and oxygen atoms in total. The van der Waals surface area contributed by atoms with Crippen LogP contribution in [0.4, 0.5) is 0 Å². The molecule has 0 N–H and O–H groups in total. The van der Waals surface area contributed by atoms with Crippen LogP contribution in [0.5, 0.6) is 17.4 Å². The Bertz CT molecular complexity index is 538. The first-order chi connectivity index (χ1) is 10.2. The summed E-state index contributed by atoms with van der Waals surface area (Å²) in [4.78, 5) is 4.19. The van der Waals surface area contributed by atoms with Gasteiger partial charge < -0.3 is 14.2 Å². The molecule has 21 heavy (non-hydrogen) atoms. The molecule has 2 rings (SSSR count). The zero-order valence-electron chi connectivity index (χ0n) is 13.3. The van der Waals surface area contributed by atoms with Crippen LogP contribution < -0.4 is 14.2 Å². The number of benzene rings is 1. The second kappa shape index (κ2) is 8.84. The fourth-order valence-electron chi connectivity index (χ4n) is 1.69. The summed E-state index contributed by atoms with van der Waals surface area (Å²) in [5.74, 6) is 2.19. The molecule has 0 bridgehead atoms. The second-order valence-electron chi connectivity index (χ2n) is 4.13. The van der Waals surface area contributed by atoms with E-state index in [2.05, 4.69) is 4.98 Å². The molecule has 2 aromatic rings. The van der Waals surface area contributed by atoms with Gasteiger partial charge in [0.2, 0.25) is 5.88 Å². The zero-order valence-corrected chi connectivity index (χ0v) is 13.3. The highest BCUT2D eigenvalue weighted by molar-refractivity contribution is 5.33. The molecule has 0 spiro atoms. The van der Waals surface area contributed by atoms with Gasteiger partial charge in [0, 0.05) is 6.07 Å². The van der Waals surface area contributed by atoms with Crippen molar-refractivity contribution >= 4 is 0 Å². The zero-order chi connectivity index (χ0) is 15.7. The number of methoxy groups -OCH3 is 2. The summed E-state index contributed by atoms with van der Waals surface area (Å²) in [6.07, 6.45) is 1.67. The lowest BCUT2D eigenvalue weighted by Crippen LogP contribution is -1.98. The van der Waals surface area contributed by atoms with Gasteiger partial charge in [-0.15, -0.1) is 0 Å². The number of aromatic nitrogens is 1. The molecule has 0 saturated heterocycles. The molecule has 0 radical (unpaired) electrons. The number of hydrogen-bond donors (Lipinski definition) is 0. The molecular formula is C17H23NO3. The summed E-state index contributed by atoms with van der Waals surface area (Å²) in [5, 5.41) is 0. The number of nitrogens with zero attached hydrogens (tertiary/aromatic N) is 1. The summed E-state index contributed by atoms with van der Waals surface area (Å²) < 4.78 is 15.9. The largest absolute Gasteiger partial charge is 0.497 e. The van der Waals surface area contributed by atoms with E-state index >= 15 is 0 Å². The third-order valence-corrected chi connectivity index (χ3v) is 2.80. The average Bonchev–Trinajstić information content (AvgIpc) is 2.55. The van der Waals surface area contributed by atoms with Gasteiger partial charge in [0.25, 0.3) is 0 Å². The van der Waals surface area contributed by atoms with Crippen molar-refractivity contribution < 1.29 is 14.2 Å². The molecule has 0 amide bonds. The van der Waals surface area contributed by atoms with Crippen LogP contribution in [0.3, 0.4) is 0 Å². The SMILES string of the molecule is CC.COc1ccc(COc2cc(C)c(OC)cn2)cc1. The van der Waals surface area contributed by atoms with E-state index in [1.165, 1.54) is 0 Å². The molecule has 0 unspecified atom stereocenters. The van der Waals surface area contributed by atoms with E-state index < -0.39 is 0 Å². The first-order valence-electron chi connectivity index (χ1n) is 6.99. The van der Waals surface area contributed by atoms with Crippen LogP contribution >= 0.6 is 0 Å². The van der Waals surface area contributed by atoms with E-state index in [4.69, 9.17) is 14.2 Å². The van der Waals surface area contributed by atoms with E-state index in [1.54, 1.807) is 20.4 Å². The first kappa shape index (κ1) is 16.8. The Kier molecular flexibility index (Phi) is 7.09. The lowest BCUT2D eigenvalue weighted by Gasteiger charge is -2.08. The topological polar surface area (TPSA) is 40.6 Å². The lowest BCUT2D eigenvalue weighted by molar-refractivity contribution is 0.292. The third-order valence-electron chi connectivity index (χ3n) is 2.80. The fourth-order valence-corrected chi connectivity index (χ4v) is 1.69. The predicted octanol–water partition coefficient (Wildman–Crippen LogP) is 4.01. The van der Waals surface area contributed by atoms with Gasteiger partial charge in [0.1, 0.15) is 18.1 Å². The summed E-state index contributed by atoms with van der Waals surface area (Å²) in [7, 11) is 3.28. The Morgan fingerprint density at radius 2 is 1.67 bits per heavy atom. The molecule has 1 aromatic heterocycles. The number of ether oxygens (including phenoxy) is 3. The maximum absolute atomic E-state index is 5.64. The van der Waals surface area contributed by atoms with Gasteiger partial charge in [0.15, 0.2) is 0 Å². The van der Waals surface area contributed by atoms with Gasteiger partial charge in [0.05, 0.1) is 20.4 Å². The second-order valence-corrected chi connectivity index (χ2v) is 4.13. The van der Waals surface area contributed by atoms with E-state index in [0.29, 0.717) is 12.5 Å². The number of pyridine rings is 1. The lowest BCUT2D eigenvalue weighted by atomic mass is 10.2. The van der Waals surface area contributed by atoms with Crippen molar-refractivity contribution in [1.29, 1.82) is 0 Å². The maximum atomic E-state index is 5.64. The van der Waals surface area contributed by atoms with Crippen molar-refractivity contribution in [2.45, 2.75) is 27.4 Å². The average molecular weight is 289 g/mol. The molecule has 0 saturated carbocycles. The minimum Gasteiger partial charge on any atom is -0.497 e. The molecule has 114 valence electrons. The third kappa shape index (κ3) is 4.99. The van der Waals surface area contributed by atoms with Crippen molar-refractivity contribution in [3.05, 3.63) is 47.7 Å². The normalized spacial score (nSPS) is 9.38. The Hall–Kier alpha value is -2.23.